The molecule has 1 fully saturated rings. The van der Waals surface area contributed by atoms with E-state index in [1.165, 1.54) is 6.42 Å². The molecule has 0 unspecified atom stereocenters. The monoisotopic (exact) mass is 278 g/mol. The van der Waals surface area contributed by atoms with Crippen LogP contribution in [0.5, 0.6) is 5.75 Å². The fourth-order valence-electron chi connectivity index (χ4n) is 2.88. The Kier molecular flexibility index (Phi) is 4.76. The lowest BCUT2D eigenvalue weighted by Gasteiger charge is -2.36. The van der Waals surface area contributed by atoms with E-state index in [1.807, 2.05) is 18.2 Å². The van der Waals surface area contributed by atoms with E-state index in [1.54, 1.807) is 7.11 Å². The molecule has 0 radical (unpaired) electrons. The standard InChI is InChI=1S/C16H26N2O2/c1-3-12-6-8-16(19,9-7-12)11-18-15-10-13(20-2)4-5-14(15)17/h4-5,10,12,18-19H,3,6-9,11,17H2,1-2H3. The van der Waals surface area contributed by atoms with Crippen LogP contribution in [-0.2, 0) is 0 Å². The molecule has 0 heterocycles. The second kappa shape index (κ2) is 6.35. The number of hydrogen-bond donors (Lipinski definition) is 3. The lowest BCUT2D eigenvalue weighted by Crippen LogP contribution is -2.40. The Morgan fingerprint density at radius 3 is 2.70 bits per heavy atom. The predicted octanol–water partition coefficient (Wildman–Crippen LogP) is 3.02. The largest absolute Gasteiger partial charge is 0.497 e. The number of aliphatic hydroxyl groups is 1. The summed E-state index contributed by atoms with van der Waals surface area (Å²) in [7, 11) is 1.63. The zero-order chi connectivity index (χ0) is 14.6. The molecule has 0 aliphatic heterocycles. The molecule has 4 N–H and O–H groups in total. The number of nitrogens with two attached hydrogens (primary N) is 1. The van der Waals surface area contributed by atoms with E-state index in [4.69, 9.17) is 10.5 Å². The van der Waals surface area contributed by atoms with E-state index in [0.717, 1.165) is 43.0 Å². The highest BCUT2D eigenvalue weighted by Gasteiger charge is 2.32. The van der Waals surface area contributed by atoms with Crippen LogP contribution in [0.4, 0.5) is 11.4 Å². The summed E-state index contributed by atoms with van der Waals surface area (Å²) in [6.45, 7) is 2.77. The van der Waals surface area contributed by atoms with Gasteiger partial charge in [0.25, 0.3) is 0 Å². The number of ether oxygens (including phenoxy) is 1. The van der Waals surface area contributed by atoms with Gasteiger partial charge < -0.3 is 20.9 Å². The van der Waals surface area contributed by atoms with Crippen molar-refractivity contribution in [1.29, 1.82) is 0 Å². The molecule has 0 saturated heterocycles. The van der Waals surface area contributed by atoms with Crippen molar-refractivity contribution in [2.75, 3.05) is 24.7 Å². The van der Waals surface area contributed by atoms with E-state index < -0.39 is 5.60 Å². The number of methoxy groups -OCH3 is 1. The molecule has 0 amide bonds. The third-order valence-corrected chi connectivity index (χ3v) is 4.48. The van der Waals surface area contributed by atoms with E-state index in [-0.39, 0.29) is 0 Å². The van der Waals surface area contributed by atoms with E-state index in [2.05, 4.69) is 12.2 Å². The van der Waals surface area contributed by atoms with Gasteiger partial charge in [0, 0.05) is 12.6 Å². The number of nitrogen functional groups attached to an aromatic ring is 1. The minimum atomic E-state index is -0.610. The maximum atomic E-state index is 10.6. The smallest absolute Gasteiger partial charge is 0.121 e. The third kappa shape index (κ3) is 3.57. The number of rotatable bonds is 5. The first-order valence-corrected chi connectivity index (χ1v) is 7.46. The molecule has 1 aliphatic carbocycles. The number of hydrogen-bond acceptors (Lipinski definition) is 4. The normalized spacial score (nSPS) is 26.2. The first-order chi connectivity index (χ1) is 9.56. The van der Waals surface area contributed by atoms with Crippen LogP contribution in [-0.4, -0.2) is 24.4 Å². The maximum absolute atomic E-state index is 10.6. The molecule has 2 rings (SSSR count). The predicted molar refractivity (Wildman–Crippen MR) is 83.1 cm³/mol. The van der Waals surface area contributed by atoms with Gasteiger partial charge in [-0.05, 0) is 43.7 Å². The van der Waals surface area contributed by atoms with Gasteiger partial charge in [-0.3, -0.25) is 0 Å². The minimum Gasteiger partial charge on any atom is -0.497 e. The summed E-state index contributed by atoms with van der Waals surface area (Å²) >= 11 is 0. The van der Waals surface area contributed by atoms with Crippen molar-refractivity contribution >= 4 is 11.4 Å². The summed E-state index contributed by atoms with van der Waals surface area (Å²) < 4.78 is 5.20. The first kappa shape index (κ1) is 15.0. The van der Waals surface area contributed by atoms with Gasteiger partial charge in [0.2, 0.25) is 0 Å². The SMILES string of the molecule is CCC1CCC(O)(CNc2cc(OC)ccc2N)CC1. The minimum absolute atomic E-state index is 0.542. The summed E-state index contributed by atoms with van der Waals surface area (Å²) in [5.74, 6) is 1.54. The molecule has 0 bridgehead atoms. The van der Waals surface area contributed by atoms with Gasteiger partial charge in [-0.15, -0.1) is 0 Å². The summed E-state index contributed by atoms with van der Waals surface area (Å²) in [4.78, 5) is 0. The molecule has 1 saturated carbocycles. The van der Waals surface area contributed by atoms with Crippen LogP contribution < -0.4 is 15.8 Å². The summed E-state index contributed by atoms with van der Waals surface area (Å²) in [5.41, 5.74) is 6.84. The van der Waals surface area contributed by atoms with Crippen LogP contribution >= 0.6 is 0 Å². The Bertz CT molecular complexity index is 440. The van der Waals surface area contributed by atoms with Crippen molar-refractivity contribution in [2.45, 2.75) is 44.6 Å². The van der Waals surface area contributed by atoms with Gasteiger partial charge in [0.15, 0.2) is 0 Å². The summed E-state index contributed by atoms with van der Waals surface area (Å²) in [6, 6.07) is 5.53. The molecule has 1 aromatic carbocycles. The first-order valence-electron chi connectivity index (χ1n) is 7.46. The molecule has 112 valence electrons. The number of benzene rings is 1. The summed E-state index contributed by atoms with van der Waals surface area (Å²) in [5, 5.41) is 13.9. The molecule has 20 heavy (non-hydrogen) atoms. The van der Waals surface area contributed by atoms with Crippen LogP contribution in [0.25, 0.3) is 0 Å². The van der Waals surface area contributed by atoms with Crippen LogP contribution in [0.3, 0.4) is 0 Å². The highest BCUT2D eigenvalue weighted by molar-refractivity contribution is 5.68. The number of anilines is 2. The average molecular weight is 278 g/mol. The molecular formula is C16H26N2O2. The van der Waals surface area contributed by atoms with Crippen LogP contribution in [0.1, 0.15) is 39.0 Å². The molecule has 1 aromatic rings. The zero-order valence-corrected chi connectivity index (χ0v) is 12.5. The van der Waals surface area contributed by atoms with Gasteiger partial charge in [0.1, 0.15) is 5.75 Å². The topological polar surface area (TPSA) is 67.5 Å². The fourth-order valence-corrected chi connectivity index (χ4v) is 2.88. The highest BCUT2D eigenvalue weighted by Crippen LogP contribution is 2.34. The van der Waals surface area contributed by atoms with Crippen molar-refractivity contribution in [1.82, 2.24) is 0 Å². The Morgan fingerprint density at radius 2 is 2.10 bits per heavy atom. The van der Waals surface area contributed by atoms with Crippen LogP contribution in [0, 0.1) is 5.92 Å². The molecule has 0 aromatic heterocycles. The molecule has 4 nitrogen and oxygen atoms in total. The van der Waals surface area contributed by atoms with Gasteiger partial charge >= 0.3 is 0 Å². The lowest BCUT2D eigenvalue weighted by molar-refractivity contribution is 0.00230. The second-order valence-corrected chi connectivity index (χ2v) is 5.88. The Labute approximate surface area is 121 Å². The lowest BCUT2D eigenvalue weighted by atomic mass is 9.78. The molecule has 1 aliphatic rings. The molecular weight excluding hydrogens is 252 g/mol. The van der Waals surface area contributed by atoms with Crippen LogP contribution in [0.2, 0.25) is 0 Å². The van der Waals surface area contributed by atoms with Crippen molar-refractivity contribution in [2.24, 2.45) is 5.92 Å². The van der Waals surface area contributed by atoms with Crippen molar-refractivity contribution in [3.05, 3.63) is 18.2 Å². The quantitative estimate of drug-likeness (QED) is 0.724. The van der Waals surface area contributed by atoms with E-state index in [0.29, 0.717) is 12.2 Å². The van der Waals surface area contributed by atoms with E-state index >= 15 is 0 Å². The van der Waals surface area contributed by atoms with Crippen molar-refractivity contribution < 1.29 is 9.84 Å². The Morgan fingerprint density at radius 1 is 1.40 bits per heavy atom. The Balaban J connectivity index is 1.95. The summed E-state index contributed by atoms with van der Waals surface area (Å²) in [6.07, 6.45) is 5.17. The second-order valence-electron chi connectivity index (χ2n) is 5.88. The van der Waals surface area contributed by atoms with Crippen molar-refractivity contribution in [3.63, 3.8) is 0 Å². The van der Waals surface area contributed by atoms with Gasteiger partial charge in [-0.1, -0.05) is 13.3 Å². The van der Waals surface area contributed by atoms with Crippen molar-refractivity contribution in [3.8, 4) is 5.75 Å². The zero-order valence-electron chi connectivity index (χ0n) is 12.5. The van der Waals surface area contributed by atoms with Gasteiger partial charge in [0.05, 0.1) is 24.1 Å². The molecule has 0 spiro atoms. The molecule has 0 atom stereocenters. The highest BCUT2D eigenvalue weighted by atomic mass is 16.5. The Hall–Kier alpha value is -1.42. The van der Waals surface area contributed by atoms with Gasteiger partial charge in [-0.2, -0.15) is 0 Å². The average Bonchev–Trinajstić information content (AvgIpc) is 2.47. The molecule has 4 heteroatoms. The van der Waals surface area contributed by atoms with E-state index in [9.17, 15) is 5.11 Å². The maximum Gasteiger partial charge on any atom is 0.121 e. The number of nitrogens with one attached hydrogen (secondary N) is 1. The van der Waals surface area contributed by atoms with Crippen LogP contribution in [0.15, 0.2) is 18.2 Å². The van der Waals surface area contributed by atoms with Gasteiger partial charge in [-0.25, -0.2) is 0 Å². The third-order valence-electron chi connectivity index (χ3n) is 4.48. The fraction of sp³-hybridized carbons (Fsp3) is 0.625.